The summed E-state index contributed by atoms with van der Waals surface area (Å²) in [6.07, 6.45) is 1.73. The van der Waals surface area contributed by atoms with Gasteiger partial charge in [-0.25, -0.2) is 9.37 Å². The molecule has 0 radical (unpaired) electrons. The molecule has 0 saturated carbocycles. The number of aryl methyl sites for hydroxylation is 2. The molecule has 0 bridgehead atoms. The largest absolute Gasteiger partial charge is 0.443 e. The van der Waals surface area contributed by atoms with Crippen molar-refractivity contribution in [3.05, 3.63) is 17.3 Å². The van der Waals surface area contributed by atoms with Crippen molar-refractivity contribution in [3.63, 3.8) is 0 Å². The maximum atomic E-state index is 12.2. The first-order valence-corrected chi connectivity index (χ1v) is 4.43. The monoisotopic (exact) mass is 186 g/mol. The summed E-state index contributed by atoms with van der Waals surface area (Å²) in [6.45, 7) is 2.12. The molecule has 1 N–H and O–H groups in total. The minimum absolute atomic E-state index is 0.361. The lowest BCUT2D eigenvalue weighted by Gasteiger charge is -1.94. The second kappa shape index (κ2) is 4.97. The van der Waals surface area contributed by atoms with Gasteiger partial charge in [0.05, 0.1) is 5.69 Å². The van der Waals surface area contributed by atoms with E-state index in [1.807, 2.05) is 7.05 Å². The number of aromatic nitrogens is 1. The van der Waals surface area contributed by atoms with Crippen LogP contribution in [0.4, 0.5) is 4.39 Å². The molecule has 1 rings (SSSR count). The minimum Gasteiger partial charge on any atom is -0.443 e. The van der Waals surface area contributed by atoms with Crippen LogP contribution in [0.3, 0.4) is 0 Å². The van der Waals surface area contributed by atoms with E-state index < -0.39 is 6.67 Å². The molecule has 1 aromatic rings. The molecule has 0 amide bonds. The van der Waals surface area contributed by atoms with Gasteiger partial charge in [-0.1, -0.05) is 0 Å². The van der Waals surface area contributed by atoms with Crippen molar-refractivity contribution in [1.29, 1.82) is 0 Å². The standard InChI is InChI=1S/C9H15FN2O/c1-7-8(6-10)13-9(12-7)4-3-5-11-2/h11H,3-6H2,1-2H3. The third-order valence-electron chi connectivity index (χ3n) is 1.88. The third kappa shape index (κ3) is 2.81. The number of hydrogen-bond donors (Lipinski definition) is 1. The maximum Gasteiger partial charge on any atom is 0.194 e. The first-order valence-electron chi connectivity index (χ1n) is 4.43. The Morgan fingerprint density at radius 2 is 2.31 bits per heavy atom. The highest BCUT2D eigenvalue weighted by molar-refractivity contribution is 5.06. The molecule has 0 fully saturated rings. The van der Waals surface area contributed by atoms with Gasteiger partial charge in [0, 0.05) is 6.42 Å². The molecular formula is C9H15FN2O. The van der Waals surface area contributed by atoms with Crippen molar-refractivity contribution in [2.45, 2.75) is 26.4 Å². The second-order valence-corrected chi connectivity index (χ2v) is 2.96. The molecule has 1 heterocycles. The van der Waals surface area contributed by atoms with E-state index >= 15 is 0 Å². The summed E-state index contributed by atoms with van der Waals surface area (Å²) in [5.74, 6) is 1.000. The van der Waals surface area contributed by atoms with E-state index in [9.17, 15) is 4.39 Å². The van der Waals surface area contributed by atoms with Crippen LogP contribution < -0.4 is 5.32 Å². The van der Waals surface area contributed by atoms with Crippen molar-refractivity contribution in [3.8, 4) is 0 Å². The lowest BCUT2D eigenvalue weighted by molar-refractivity contribution is 0.371. The molecule has 0 aliphatic rings. The van der Waals surface area contributed by atoms with Crippen LogP contribution in [0, 0.1) is 6.92 Å². The van der Waals surface area contributed by atoms with Gasteiger partial charge in [0.25, 0.3) is 0 Å². The zero-order valence-electron chi connectivity index (χ0n) is 8.06. The minimum atomic E-state index is -0.565. The van der Waals surface area contributed by atoms with Crippen molar-refractivity contribution in [1.82, 2.24) is 10.3 Å². The Hall–Kier alpha value is -0.900. The Morgan fingerprint density at radius 1 is 1.54 bits per heavy atom. The zero-order chi connectivity index (χ0) is 9.68. The van der Waals surface area contributed by atoms with E-state index in [-0.39, 0.29) is 0 Å². The Kier molecular flexibility index (Phi) is 3.89. The van der Waals surface area contributed by atoms with Crippen molar-refractivity contribution in [2.24, 2.45) is 0 Å². The summed E-state index contributed by atoms with van der Waals surface area (Å²) in [5, 5.41) is 3.03. The maximum absolute atomic E-state index is 12.2. The Balaban J connectivity index is 2.48. The highest BCUT2D eigenvalue weighted by Gasteiger charge is 2.07. The van der Waals surface area contributed by atoms with Gasteiger partial charge in [0.1, 0.15) is 6.67 Å². The molecule has 0 atom stereocenters. The van der Waals surface area contributed by atoms with Crippen molar-refractivity contribution < 1.29 is 8.81 Å². The van der Waals surface area contributed by atoms with Gasteiger partial charge < -0.3 is 9.73 Å². The second-order valence-electron chi connectivity index (χ2n) is 2.96. The molecular weight excluding hydrogens is 171 g/mol. The van der Waals surface area contributed by atoms with E-state index in [0.29, 0.717) is 17.3 Å². The summed E-state index contributed by atoms with van der Waals surface area (Å²) in [6, 6.07) is 0. The van der Waals surface area contributed by atoms with E-state index in [1.165, 1.54) is 0 Å². The van der Waals surface area contributed by atoms with Crippen LogP contribution >= 0.6 is 0 Å². The Labute approximate surface area is 77.4 Å². The van der Waals surface area contributed by atoms with Gasteiger partial charge >= 0.3 is 0 Å². The van der Waals surface area contributed by atoms with Gasteiger partial charge in [-0.05, 0) is 26.9 Å². The predicted molar refractivity (Wildman–Crippen MR) is 48.3 cm³/mol. The SMILES string of the molecule is CNCCCc1nc(C)c(CF)o1. The van der Waals surface area contributed by atoms with E-state index in [1.54, 1.807) is 6.92 Å². The van der Waals surface area contributed by atoms with Crippen LogP contribution in [0.15, 0.2) is 4.42 Å². The van der Waals surface area contributed by atoms with Crippen LogP contribution in [0.25, 0.3) is 0 Å². The number of nitrogens with one attached hydrogen (secondary N) is 1. The Bertz CT molecular complexity index is 260. The fourth-order valence-electron chi connectivity index (χ4n) is 1.14. The molecule has 0 spiro atoms. The van der Waals surface area contributed by atoms with Crippen molar-refractivity contribution in [2.75, 3.05) is 13.6 Å². The number of alkyl halides is 1. The molecule has 0 saturated heterocycles. The summed E-state index contributed by atoms with van der Waals surface area (Å²) in [4.78, 5) is 4.12. The summed E-state index contributed by atoms with van der Waals surface area (Å²) in [7, 11) is 1.90. The van der Waals surface area contributed by atoms with Gasteiger partial charge in [-0.15, -0.1) is 0 Å². The van der Waals surface area contributed by atoms with Crippen LogP contribution in [0.2, 0.25) is 0 Å². The van der Waals surface area contributed by atoms with Crippen LogP contribution in [-0.4, -0.2) is 18.6 Å². The fraction of sp³-hybridized carbons (Fsp3) is 0.667. The molecule has 1 aromatic heterocycles. The van der Waals surface area contributed by atoms with E-state index in [0.717, 1.165) is 19.4 Å². The smallest absolute Gasteiger partial charge is 0.194 e. The topological polar surface area (TPSA) is 38.1 Å². The average molecular weight is 186 g/mol. The first kappa shape index (κ1) is 10.2. The first-order chi connectivity index (χ1) is 6.27. The van der Waals surface area contributed by atoms with Gasteiger partial charge in [-0.2, -0.15) is 0 Å². The highest BCUT2D eigenvalue weighted by Crippen LogP contribution is 2.12. The lowest BCUT2D eigenvalue weighted by atomic mass is 10.3. The molecule has 0 unspecified atom stereocenters. The van der Waals surface area contributed by atoms with Crippen LogP contribution in [0.1, 0.15) is 23.8 Å². The van der Waals surface area contributed by atoms with Gasteiger partial charge in [0.2, 0.25) is 0 Å². The molecule has 74 valence electrons. The molecule has 0 aliphatic carbocycles. The zero-order valence-corrected chi connectivity index (χ0v) is 8.06. The molecule has 4 heteroatoms. The lowest BCUT2D eigenvalue weighted by Crippen LogP contribution is -2.08. The Morgan fingerprint density at radius 3 is 2.85 bits per heavy atom. The number of halogens is 1. The highest BCUT2D eigenvalue weighted by atomic mass is 19.1. The van der Waals surface area contributed by atoms with E-state index in [4.69, 9.17) is 4.42 Å². The molecule has 3 nitrogen and oxygen atoms in total. The summed E-state index contributed by atoms with van der Waals surface area (Å²) in [5.41, 5.74) is 0.668. The van der Waals surface area contributed by atoms with Crippen molar-refractivity contribution >= 4 is 0 Å². The van der Waals surface area contributed by atoms with Crippen LogP contribution in [-0.2, 0) is 13.1 Å². The average Bonchev–Trinajstić information content (AvgIpc) is 2.47. The van der Waals surface area contributed by atoms with Gasteiger partial charge in [-0.3, -0.25) is 0 Å². The quantitative estimate of drug-likeness (QED) is 0.710. The third-order valence-corrected chi connectivity index (χ3v) is 1.88. The fourth-order valence-corrected chi connectivity index (χ4v) is 1.14. The number of oxazole rings is 1. The van der Waals surface area contributed by atoms with E-state index in [2.05, 4.69) is 10.3 Å². The summed E-state index contributed by atoms with van der Waals surface area (Å²) >= 11 is 0. The van der Waals surface area contributed by atoms with Gasteiger partial charge in [0.15, 0.2) is 11.7 Å². The molecule has 0 aliphatic heterocycles. The molecule has 0 aromatic carbocycles. The summed E-state index contributed by atoms with van der Waals surface area (Å²) < 4.78 is 17.4. The number of rotatable bonds is 5. The molecule has 13 heavy (non-hydrogen) atoms. The number of hydrogen-bond acceptors (Lipinski definition) is 3. The number of nitrogens with zero attached hydrogens (tertiary/aromatic N) is 1. The van der Waals surface area contributed by atoms with Crippen LogP contribution in [0.5, 0.6) is 0 Å². The normalized spacial score (nSPS) is 10.7. The predicted octanol–water partition coefficient (Wildman–Crippen LogP) is 1.60.